The molecule has 0 aliphatic heterocycles. The van der Waals surface area contributed by atoms with Crippen molar-refractivity contribution in [3.8, 4) is 5.75 Å². The molecule has 4 nitrogen and oxygen atoms in total. The van der Waals surface area contributed by atoms with Crippen molar-refractivity contribution in [3.63, 3.8) is 0 Å². The van der Waals surface area contributed by atoms with Crippen LogP contribution in [0.5, 0.6) is 5.75 Å². The molecule has 1 N–H and O–H groups in total. The van der Waals surface area contributed by atoms with E-state index >= 15 is 0 Å². The quantitative estimate of drug-likeness (QED) is 0.795. The third kappa shape index (κ3) is 3.79. The van der Waals surface area contributed by atoms with Gasteiger partial charge in [-0.1, -0.05) is 0 Å². The van der Waals surface area contributed by atoms with E-state index in [0.29, 0.717) is 13.2 Å². The minimum Gasteiger partial charge on any atom is -0.489 e. The topological polar surface area (TPSA) is 43.4 Å². The fourth-order valence-electron chi connectivity index (χ4n) is 1.30. The molecule has 1 rings (SSSR count). The van der Waals surface area contributed by atoms with Crippen LogP contribution in [0.4, 0.5) is 0 Å². The van der Waals surface area contributed by atoms with E-state index in [1.165, 1.54) is 0 Å². The number of pyridine rings is 1. The van der Waals surface area contributed by atoms with Crippen molar-refractivity contribution in [2.45, 2.75) is 26.5 Å². The molecule has 0 saturated carbocycles. The molecule has 1 atom stereocenters. The normalized spacial score (nSPS) is 12.5. The van der Waals surface area contributed by atoms with Crippen molar-refractivity contribution in [3.05, 3.63) is 23.5 Å². The van der Waals surface area contributed by atoms with E-state index in [9.17, 15) is 0 Å². The number of hydrogen-bond acceptors (Lipinski definition) is 4. The SMILES string of the molecule is CNCc1nc(C)ccc1OCC(C)OC. The zero-order valence-corrected chi connectivity index (χ0v) is 10.4. The van der Waals surface area contributed by atoms with Gasteiger partial charge in [-0.15, -0.1) is 0 Å². The maximum Gasteiger partial charge on any atom is 0.142 e. The summed E-state index contributed by atoms with van der Waals surface area (Å²) in [4.78, 5) is 4.44. The molecule has 0 aromatic carbocycles. The Kier molecular flexibility index (Phi) is 5.22. The van der Waals surface area contributed by atoms with Crippen molar-refractivity contribution in [1.82, 2.24) is 10.3 Å². The predicted molar refractivity (Wildman–Crippen MR) is 63.7 cm³/mol. The van der Waals surface area contributed by atoms with Crippen LogP contribution in [0.2, 0.25) is 0 Å². The van der Waals surface area contributed by atoms with Crippen LogP contribution in [0.15, 0.2) is 12.1 Å². The van der Waals surface area contributed by atoms with Gasteiger partial charge in [-0.25, -0.2) is 0 Å². The van der Waals surface area contributed by atoms with Crippen LogP contribution < -0.4 is 10.1 Å². The molecule has 0 aliphatic rings. The maximum absolute atomic E-state index is 5.67. The molecule has 0 spiro atoms. The number of ether oxygens (including phenoxy) is 2. The van der Waals surface area contributed by atoms with Crippen molar-refractivity contribution < 1.29 is 9.47 Å². The molecular weight excluding hydrogens is 204 g/mol. The van der Waals surface area contributed by atoms with Gasteiger partial charge in [-0.3, -0.25) is 4.98 Å². The summed E-state index contributed by atoms with van der Waals surface area (Å²) in [5, 5.41) is 3.08. The van der Waals surface area contributed by atoms with Crippen LogP contribution in [0, 0.1) is 6.92 Å². The highest BCUT2D eigenvalue weighted by Crippen LogP contribution is 2.17. The van der Waals surface area contributed by atoms with Crippen LogP contribution in [0.25, 0.3) is 0 Å². The number of rotatable bonds is 6. The summed E-state index contributed by atoms with van der Waals surface area (Å²) >= 11 is 0. The fraction of sp³-hybridized carbons (Fsp3) is 0.583. The highest BCUT2D eigenvalue weighted by Gasteiger charge is 2.07. The van der Waals surface area contributed by atoms with Crippen LogP contribution in [0.1, 0.15) is 18.3 Å². The monoisotopic (exact) mass is 224 g/mol. The minimum atomic E-state index is 0.0868. The first-order valence-electron chi connectivity index (χ1n) is 5.44. The molecule has 4 heteroatoms. The second-order valence-electron chi connectivity index (χ2n) is 3.79. The van der Waals surface area contributed by atoms with E-state index in [-0.39, 0.29) is 6.10 Å². The summed E-state index contributed by atoms with van der Waals surface area (Å²) in [6.07, 6.45) is 0.0868. The van der Waals surface area contributed by atoms with Gasteiger partial charge >= 0.3 is 0 Å². The third-order valence-corrected chi connectivity index (χ3v) is 2.29. The molecule has 1 aromatic heterocycles. The largest absolute Gasteiger partial charge is 0.489 e. The Balaban J connectivity index is 2.70. The van der Waals surface area contributed by atoms with E-state index in [4.69, 9.17) is 9.47 Å². The maximum atomic E-state index is 5.67. The fourth-order valence-corrected chi connectivity index (χ4v) is 1.30. The molecule has 0 bridgehead atoms. The Labute approximate surface area is 97.0 Å². The van der Waals surface area contributed by atoms with E-state index in [1.807, 2.05) is 33.0 Å². The van der Waals surface area contributed by atoms with Gasteiger partial charge in [-0.2, -0.15) is 0 Å². The van der Waals surface area contributed by atoms with E-state index in [2.05, 4.69) is 10.3 Å². The van der Waals surface area contributed by atoms with Gasteiger partial charge in [0.25, 0.3) is 0 Å². The lowest BCUT2D eigenvalue weighted by molar-refractivity contribution is 0.0711. The number of aromatic nitrogens is 1. The molecule has 1 unspecified atom stereocenters. The smallest absolute Gasteiger partial charge is 0.142 e. The summed E-state index contributed by atoms with van der Waals surface area (Å²) in [7, 11) is 3.57. The average molecular weight is 224 g/mol. The van der Waals surface area contributed by atoms with Gasteiger partial charge in [0.15, 0.2) is 0 Å². The van der Waals surface area contributed by atoms with Crippen LogP contribution in [-0.4, -0.2) is 31.9 Å². The van der Waals surface area contributed by atoms with Crippen LogP contribution in [-0.2, 0) is 11.3 Å². The van der Waals surface area contributed by atoms with Crippen molar-refractivity contribution in [2.75, 3.05) is 20.8 Å². The summed E-state index contributed by atoms with van der Waals surface area (Å²) in [5.74, 6) is 0.823. The second-order valence-corrected chi connectivity index (χ2v) is 3.79. The number of nitrogens with zero attached hydrogens (tertiary/aromatic N) is 1. The highest BCUT2D eigenvalue weighted by molar-refractivity contribution is 5.29. The van der Waals surface area contributed by atoms with Crippen molar-refractivity contribution in [2.24, 2.45) is 0 Å². The van der Waals surface area contributed by atoms with E-state index < -0.39 is 0 Å². The van der Waals surface area contributed by atoms with Gasteiger partial charge < -0.3 is 14.8 Å². The molecule has 90 valence electrons. The van der Waals surface area contributed by atoms with E-state index in [1.54, 1.807) is 7.11 Å². The van der Waals surface area contributed by atoms with Crippen molar-refractivity contribution >= 4 is 0 Å². The molecule has 0 aliphatic carbocycles. The molecule has 1 heterocycles. The third-order valence-electron chi connectivity index (χ3n) is 2.29. The molecular formula is C12H20N2O2. The standard InChI is InChI=1S/C12H20N2O2/c1-9-5-6-12(11(14-9)7-13-3)16-8-10(2)15-4/h5-6,10,13H,7-8H2,1-4H3. The Morgan fingerprint density at radius 2 is 2.19 bits per heavy atom. The zero-order chi connectivity index (χ0) is 12.0. The Morgan fingerprint density at radius 3 is 2.81 bits per heavy atom. The minimum absolute atomic E-state index is 0.0868. The predicted octanol–water partition coefficient (Wildman–Crippen LogP) is 1.52. The Morgan fingerprint density at radius 1 is 1.44 bits per heavy atom. The lowest BCUT2D eigenvalue weighted by Crippen LogP contribution is -2.18. The molecule has 1 aromatic rings. The van der Waals surface area contributed by atoms with Gasteiger partial charge in [0.1, 0.15) is 12.4 Å². The summed E-state index contributed by atoms with van der Waals surface area (Å²) in [5.41, 5.74) is 1.93. The number of hydrogen-bond donors (Lipinski definition) is 1. The lowest BCUT2D eigenvalue weighted by Gasteiger charge is -2.14. The Hall–Kier alpha value is -1.13. The van der Waals surface area contributed by atoms with E-state index in [0.717, 1.165) is 17.1 Å². The molecule has 0 radical (unpaired) electrons. The molecule has 0 fully saturated rings. The summed E-state index contributed by atoms with van der Waals surface area (Å²) < 4.78 is 10.8. The van der Waals surface area contributed by atoms with Gasteiger partial charge in [0.05, 0.1) is 11.8 Å². The summed E-state index contributed by atoms with van der Waals surface area (Å²) in [6.45, 7) is 5.19. The highest BCUT2D eigenvalue weighted by atomic mass is 16.5. The first-order valence-corrected chi connectivity index (χ1v) is 5.44. The van der Waals surface area contributed by atoms with Gasteiger partial charge in [0.2, 0.25) is 0 Å². The second kappa shape index (κ2) is 6.45. The lowest BCUT2D eigenvalue weighted by atomic mass is 10.3. The van der Waals surface area contributed by atoms with Crippen LogP contribution >= 0.6 is 0 Å². The molecule has 16 heavy (non-hydrogen) atoms. The zero-order valence-electron chi connectivity index (χ0n) is 10.4. The average Bonchev–Trinajstić information content (AvgIpc) is 2.28. The van der Waals surface area contributed by atoms with Gasteiger partial charge in [-0.05, 0) is 33.0 Å². The van der Waals surface area contributed by atoms with Crippen molar-refractivity contribution in [1.29, 1.82) is 0 Å². The molecule has 0 amide bonds. The number of methoxy groups -OCH3 is 1. The number of aryl methyl sites for hydroxylation is 1. The Bertz CT molecular complexity index is 329. The molecule has 0 saturated heterocycles. The first-order chi connectivity index (χ1) is 7.67. The summed E-state index contributed by atoms with van der Waals surface area (Å²) in [6, 6.07) is 3.91. The number of nitrogens with one attached hydrogen (secondary N) is 1. The first kappa shape index (κ1) is 12.9. The van der Waals surface area contributed by atoms with Gasteiger partial charge in [0, 0.05) is 19.3 Å². The van der Waals surface area contributed by atoms with Crippen LogP contribution in [0.3, 0.4) is 0 Å².